The molecule has 0 saturated carbocycles. The molecule has 11 rings (SSSR count). The number of fused-ring (bicyclic) bond motifs is 4. The van der Waals surface area contributed by atoms with Crippen molar-refractivity contribution in [2.45, 2.75) is 0 Å². The van der Waals surface area contributed by atoms with E-state index < -0.39 is 0 Å². The topological polar surface area (TPSA) is 16.4 Å². The van der Waals surface area contributed by atoms with Crippen LogP contribution in [0, 0.1) is 0 Å². The highest BCUT2D eigenvalue weighted by Crippen LogP contribution is 2.41. The van der Waals surface area contributed by atoms with Crippen molar-refractivity contribution < 1.29 is 4.42 Å². The van der Waals surface area contributed by atoms with Crippen molar-refractivity contribution in [2.24, 2.45) is 0 Å². The summed E-state index contributed by atoms with van der Waals surface area (Å²) >= 11 is 0. The van der Waals surface area contributed by atoms with Gasteiger partial charge in [0.2, 0.25) is 0 Å². The van der Waals surface area contributed by atoms with Crippen molar-refractivity contribution in [1.82, 2.24) is 0 Å². The second-order valence-electron chi connectivity index (χ2n) is 15.3. The minimum absolute atomic E-state index is 0.900. The van der Waals surface area contributed by atoms with Crippen molar-refractivity contribution in [3.63, 3.8) is 0 Å². The van der Waals surface area contributed by atoms with E-state index in [2.05, 4.69) is 229 Å². The Morgan fingerprint density at radius 2 is 0.683 bits per heavy atom. The molecule has 0 aliphatic rings. The third-order valence-corrected chi connectivity index (χ3v) is 11.7. The van der Waals surface area contributed by atoms with E-state index in [1.807, 2.05) is 12.1 Å². The van der Waals surface area contributed by atoms with Crippen LogP contribution in [0.4, 0.5) is 17.1 Å². The number of para-hydroxylation sites is 1. The minimum atomic E-state index is 0.900. The number of rotatable bonds is 8. The van der Waals surface area contributed by atoms with E-state index in [1.54, 1.807) is 0 Å². The lowest BCUT2D eigenvalue weighted by Gasteiger charge is -2.26. The normalized spacial score (nSPS) is 11.3. The molecule has 0 N–H and O–H groups in total. The first-order valence-corrected chi connectivity index (χ1v) is 20.5. The summed E-state index contributed by atoms with van der Waals surface area (Å²) in [6, 6.07) is 84.8. The monoisotopic (exact) mass is 765 g/mol. The molecule has 0 saturated heterocycles. The van der Waals surface area contributed by atoms with Crippen LogP contribution in [0.1, 0.15) is 0 Å². The van der Waals surface area contributed by atoms with E-state index in [-0.39, 0.29) is 0 Å². The minimum Gasteiger partial charge on any atom is -0.456 e. The summed E-state index contributed by atoms with van der Waals surface area (Å²) in [4.78, 5) is 2.34. The highest BCUT2D eigenvalue weighted by Gasteiger charge is 2.16. The lowest BCUT2D eigenvalue weighted by molar-refractivity contribution is 0.669. The summed E-state index contributed by atoms with van der Waals surface area (Å²) in [6.45, 7) is 0. The third-order valence-electron chi connectivity index (χ3n) is 11.7. The van der Waals surface area contributed by atoms with Gasteiger partial charge in [-0.25, -0.2) is 0 Å². The summed E-state index contributed by atoms with van der Waals surface area (Å²) in [5, 5.41) is 4.80. The van der Waals surface area contributed by atoms with Crippen LogP contribution < -0.4 is 4.90 Å². The van der Waals surface area contributed by atoms with Crippen LogP contribution in [0.15, 0.2) is 241 Å². The summed E-state index contributed by atoms with van der Waals surface area (Å²) in [7, 11) is 0. The van der Waals surface area contributed by atoms with E-state index in [9.17, 15) is 0 Å². The molecule has 11 aromatic rings. The maximum absolute atomic E-state index is 6.24. The fourth-order valence-electron chi connectivity index (χ4n) is 8.69. The second-order valence-corrected chi connectivity index (χ2v) is 15.3. The first-order chi connectivity index (χ1) is 29.7. The number of hydrogen-bond donors (Lipinski definition) is 0. The van der Waals surface area contributed by atoms with Crippen molar-refractivity contribution in [3.05, 3.63) is 237 Å². The summed E-state index contributed by atoms with van der Waals surface area (Å²) in [5.74, 6) is 0. The molecule has 2 heteroatoms. The molecule has 2 nitrogen and oxygen atoms in total. The van der Waals surface area contributed by atoms with Gasteiger partial charge >= 0.3 is 0 Å². The molecule has 1 aromatic heterocycles. The quantitative estimate of drug-likeness (QED) is 0.153. The molecule has 0 bridgehead atoms. The average Bonchev–Trinajstić information content (AvgIpc) is 3.72. The maximum atomic E-state index is 6.24. The van der Waals surface area contributed by atoms with Crippen LogP contribution in [0.25, 0.3) is 88.3 Å². The number of furan rings is 1. The molecule has 0 aliphatic carbocycles. The Morgan fingerprint density at radius 3 is 1.37 bits per heavy atom. The maximum Gasteiger partial charge on any atom is 0.136 e. The Kier molecular flexibility index (Phi) is 8.87. The number of benzene rings is 10. The zero-order valence-electron chi connectivity index (χ0n) is 32.9. The van der Waals surface area contributed by atoms with E-state index in [0.717, 1.165) is 50.1 Å². The van der Waals surface area contributed by atoms with Gasteiger partial charge in [0.1, 0.15) is 11.2 Å². The highest BCUT2D eigenvalue weighted by atomic mass is 16.3. The molecule has 0 spiro atoms. The molecule has 0 radical (unpaired) electrons. The van der Waals surface area contributed by atoms with Gasteiger partial charge in [0.25, 0.3) is 0 Å². The predicted octanol–water partition coefficient (Wildman–Crippen LogP) is 16.5. The van der Waals surface area contributed by atoms with Crippen molar-refractivity contribution in [1.29, 1.82) is 0 Å². The van der Waals surface area contributed by atoms with Crippen LogP contribution >= 0.6 is 0 Å². The predicted molar refractivity (Wildman–Crippen MR) is 253 cm³/mol. The molecule has 0 amide bonds. The van der Waals surface area contributed by atoms with E-state index in [0.29, 0.717) is 0 Å². The Labute approximate surface area is 349 Å². The fraction of sp³-hybridized carbons (Fsp3) is 0. The number of nitrogens with zero attached hydrogens (tertiary/aromatic N) is 1. The summed E-state index contributed by atoms with van der Waals surface area (Å²) in [5.41, 5.74) is 17.0. The van der Waals surface area contributed by atoms with Crippen molar-refractivity contribution in [2.75, 3.05) is 4.90 Å². The van der Waals surface area contributed by atoms with Gasteiger partial charge in [-0.2, -0.15) is 0 Å². The Bertz CT molecular complexity index is 3270. The highest BCUT2D eigenvalue weighted by molar-refractivity contribution is 6.12. The number of anilines is 3. The molecule has 60 heavy (non-hydrogen) atoms. The van der Waals surface area contributed by atoms with Crippen LogP contribution in [-0.4, -0.2) is 0 Å². The van der Waals surface area contributed by atoms with Gasteiger partial charge in [-0.3, -0.25) is 0 Å². The van der Waals surface area contributed by atoms with E-state index >= 15 is 0 Å². The molecular formula is C58H39NO. The summed E-state index contributed by atoms with van der Waals surface area (Å²) < 4.78 is 6.24. The lowest BCUT2D eigenvalue weighted by atomic mass is 9.96. The van der Waals surface area contributed by atoms with Crippen LogP contribution in [0.2, 0.25) is 0 Å². The third kappa shape index (κ3) is 6.51. The first-order valence-electron chi connectivity index (χ1n) is 20.5. The molecule has 0 unspecified atom stereocenters. The van der Waals surface area contributed by atoms with Crippen LogP contribution in [0.3, 0.4) is 0 Å². The Hall–Kier alpha value is -7.94. The molecular weight excluding hydrogens is 727 g/mol. The first kappa shape index (κ1) is 35.2. The number of hydrogen-bond acceptors (Lipinski definition) is 2. The van der Waals surface area contributed by atoms with E-state index in [4.69, 9.17) is 4.42 Å². The Morgan fingerprint density at radius 1 is 0.267 bits per heavy atom. The molecule has 1 heterocycles. The molecule has 0 fully saturated rings. The van der Waals surface area contributed by atoms with Gasteiger partial charge < -0.3 is 9.32 Å². The zero-order valence-corrected chi connectivity index (χ0v) is 32.9. The van der Waals surface area contributed by atoms with Crippen LogP contribution in [0.5, 0.6) is 0 Å². The molecule has 10 aromatic carbocycles. The lowest BCUT2D eigenvalue weighted by Crippen LogP contribution is -2.09. The summed E-state index contributed by atoms with van der Waals surface area (Å²) in [6.07, 6.45) is 0. The standard InChI is InChI=1S/C58H39NO/c1-2-11-40(12-3-1)47-15-8-16-48(39-47)43-29-35-50(36-30-43)59(51-37-31-46(32-38-51)54-20-10-22-57-58(54)55-18-6-7-21-56(55)60-57)49-33-27-42(28-34-49)41-23-25-45(26-24-41)53-19-9-14-44-13-4-5-17-52(44)53/h1-39H. The molecule has 0 aliphatic heterocycles. The van der Waals surface area contributed by atoms with Gasteiger partial charge in [-0.15, -0.1) is 0 Å². The van der Waals surface area contributed by atoms with Gasteiger partial charge in [0, 0.05) is 27.8 Å². The smallest absolute Gasteiger partial charge is 0.136 e. The van der Waals surface area contributed by atoms with Crippen molar-refractivity contribution >= 4 is 49.8 Å². The van der Waals surface area contributed by atoms with Gasteiger partial charge in [-0.1, -0.05) is 182 Å². The van der Waals surface area contributed by atoms with Gasteiger partial charge in [0.15, 0.2) is 0 Å². The second kappa shape index (κ2) is 15.1. The molecule has 282 valence electrons. The van der Waals surface area contributed by atoms with Gasteiger partial charge in [0.05, 0.1) is 0 Å². The fourth-order valence-corrected chi connectivity index (χ4v) is 8.69. The van der Waals surface area contributed by atoms with Crippen molar-refractivity contribution in [3.8, 4) is 55.6 Å². The van der Waals surface area contributed by atoms with Crippen LogP contribution in [-0.2, 0) is 0 Å². The zero-order chi connectivity index (χ0) is 39.8. The SMILES string of the molecule is c1ccc(-c2cccc(-c3ccc(N(c4ccc(-c5ccc(-c6cccc7ccccc67)cc5)cc4)c4ccc(-c5cccc6oc7ccccc7c56)cc4)cc3)c2)cc1. The van der Waals surface area contributed by atoms with E-state index in [1.165, 1.54) is 55.3 Å². The molecule has 0 atom stereocenters. The average molecular weight is 766 g/mol. The van der Waals surface area contributed by atoms with Gasteiger partial charge in [-0.05, 0) is 121 Å². The Balaban J connectivity index is 0.946. The largest absolute Gasteiger partial charge is 0.456 e.